The molecule has 1 unspecified atom stereocenters. The summed E-state index contributed by atoms with van der Waals surface area (Å²) in [5.74, 6) is 0.804. The zero-order chi connectivity index (χ0) is 15.6. The summed E-state index contributed by atoms with van der Waals surface area (Å²) in [4.78, 5) is 26.3. The molecule has 0 radical (unpaired) electrons. The average molecular weight is 287 g/mol. The van der Waals surface area contributed by atoms with Gasteiger partial charge in [0.2, 0.25) is 5.91 Å². The van der Waals surface area contributed by atoms with E-state index < -0.39 is 0 Å². The lowest BCUT2D eigenvalue weighted by Gasteiger charge is -2.24. The van der Waals surface area contributed by atoms with Crippen molar-refractivity contribution in [3.63, 3.8) is 0 Å². The van der Waals surface area contributed by atoms with Crippen LogP contribution in [0.2, 0.25) is 0 Å². The lowest BCUT2D eigenvalue weighted by molar-refractivity contribution is -0.132. The van der Waals surface area contributed by atoms with Gasteiger partial charge in [0, 0.05) is 31.5 Å². The first-order chi connectivity index (χ1) is 9.90. The Morgan fingerprint density at radius 1 is 1.24 bits per heavy atom. The first-order valence-electron chi connectivity index (χ1n) is 7.76. The molecule has 1 atom stereocenters. The van der Waals surface area contributed by atoms with E-state index in [9.17, 15) is 9.59 Å². The molecule has 1 fully saturated rings. The lowest BCUT2D eigenvalue weighted by Crippen LogP contribution is -2.36. The zero-order valence-electron chi connectivity index (χ0n) is 13.5. The molecule has 1 amide bonds. The van der Waals surface area contributed by atoms with Gasteiger partial charge in [-0.1, -0.05) is 17.7 Å². The van der Waals surface area contributed by atoms with Crippen molar-refractivity contribution in [2.75, 3.05) is 7.05 Å². The summed E-state index contributed by atoms with van der Waals surface area (Å²) in [6.45, 7) is 6.02. The molecule has 1 aliphatic carbocycles. The van der Waals surface area contributed by atoms with Crippen molar-refractivity contribution < 1.29 is 9.59 Å². The third-order valence-electron chi connectivity index (χ3n) is 4.57. The fourth-order valence-electron chi connectivity index (χ4n) is 2.69. The Kier molecular flexibility index (Phi) is 4.81. The maximum atomic E-state index is 12.3. The summed E-state index contributed by atoms with van der Waals surface area (Å²) < 4.78 is 0. The van der Waals surface area contributed by atoms with Crippen LogP contribution in [0.1, 0.15) is 54.1 Å². The highest BCUT2D eigenvalue weighted by Gasteiger charge is 2.32. The summed E-state index contributed by atoms with van der Waals surface area (Å²) in [6, 6.07) is 6.18. The summed E-state index contributed by atoms with van der Waals surface area (Å²) in [5, 5.41) is 0. The van der Waals surface area contributed by atoms with Crippen molar-refractivity contribution in [3.8, 4) is 0 Å². The summed E-state index contributed by atoms with van der Waals surface area (Å²) in [6.07, 6.45) is 3.05. The number of hydrogen-bond donors (Lipinski definition) is 0. The summed E-state index contributed by atoms with van der Waals surface area (Å²) in [7, 11) is 1.85. The molecule has 0 aliphatic heterocycles. The second-order valence-corrected chi connectivity index (χ2v) is 6.32. The first-order valence-corrected chi connectivity index (χ1v) is 7.76. The second-order valence-electron chi connectivity index (χ2n) is 6.32. The fourth-order valence-corrected chi connectivity index (χ4v) is 2.69. The van der Waals surface area contributed by atoms with Crippen molar-refractivity contribution >= 4 is 11.7 Å². The van der Waals surface area contributed by atoms with Gasteiger partial charge in [0.1, 0.15) is 0 Å². The molecular weight excluding hydrogens is 262 g/mol. The molecule has 0 spiro atoms. The molecule has 1 aliphatic rings. The molecule has 0 bridgehead atoms. The van der Waals surface area contributed by atoms with Gasteiger partial charge in [-0.2, -0.15) is 0 Å². The molecule has 3 nitrogen and oxygen atoms in total. The van der Waals surface area contributed by atoms with Crippen LogP contribution in [-0.2, 0) is 4.79 Å². The number of carbonyl (C=O) groups excluding carboxylic acids is 2. The van der Waals surface area contributed by atoms with E-state index in [1.54, 1.807) is 0 Å². The van der Waals surface area contributed by atoms with Crippen molar-refractivity contribution in [1.29, 1.82) is 0 Å². The monoisotopic (exact) mass is 287 g/mol. The highest BCUT2D eigenvalue weighted by atomic mass is 16.2. The molecule has 0 N–H and O–H groups in total. The van der Waals surface area contributed by atoms with E-state index >= 15 is 0 Å². The molecule has 2 rings (SSSR count). The third kappa shape index (κ3) is 3.93. The van der Waals surface area contributed by atoms with Crippen molar-refractivity contribution in [1.82, 2.24) is 4.90 Å². The number of amides is 1. The number of ketones is 1. The van der Waals surface area contributed by atoms with E-state index in [4.69, 9.17) is 0 Å². The Balaban J connectivity index is 1.91. The molecule has 0 saturated heterocycles. The van der Waals surface area contributed by atoms with Gasteiger partial charge in [-0.15, -0.1) is 0 Å². The van der Waals surface area contributed by atoms with E-state index in [0.717, 1.165) is 16.7 Å². The van der Waals surface area contributed by atoms with Crippen LogP contribution in [-0.4, -0.2) is 29.7 Å². The fraction of sp³-hybridized carbons (Fsp3) is 0.556. The minimum Gasteiger partial charge on any atom is -0.343 e. The topological polar surface area (TPSA) is 37.4 Å². The van der Waals surface area contributed by atoms with Crippen molar-refractivity contribution in [3.05, 3.63) is 34.9 Å². The summed E-state index contributed by atoms with van der Waals surface area (Å²) in [5.41, 5.74) is 2.81. The van der Waals surface area contributed by atoms with E-state index in [1.165, 1.54) is 12.8 Å². The summed E-state index contributed by atoms with van der Waals surface area (Å²) >= 11 is 0. The van der Waals surface area contributed by atoms with Crippen LogP contribution >= 0.6 is 0 Å². The molecule has 1 saturated carbocycles. The van der Waals surface area contributed by atoms with E-state index in [2.05, 4.69) is 6.92 Å². The van der Waals surface area contributed by atoms with Crippen molar-refractivity contribution in [2.45, 2.75) is 52.5 Å². The molecule has 3 heteroatoms. The standard InChI is InChI=1S/C18H25NO2/c1-12-5-6-13(2)16(11-12)17(20)9-10-18(21)19(4)14(3)15-7-8-15/h5-6,11,14-15H,7-10H2,1-4H3. The van der Waals surface area contributed by atoms with E-state index in [1.807, 2.05) is 44.0 Å². The largest absolute Gasteiger partial charge is 0.343 e. The number of aryl methyl sites for hydroxylation is 2. The van der Waals surface area contributed by atoms with E-state index in [0.29, 0.717) is 24.8 Å². The minimum absolute atomic E-state index is 0.0667. The van der Waals surface area contributed by atoms with Gasteiger partial charge in [0.05, 0.1) is 0 Å². The molecular formula is C18H25NO2. The number of rotatable bonds is 6. The number of Topliss-reactive ketones (excluding diaryl/α,β-unsaturated/α-hetero) is 1. The molecule has 0 heterocycles. The SMILES string of the molecule is Cc1ccc(C)c(C(=O)CCC(=O)N(C)C(C)C2CC2)c1. The minimum atomic E-state index is 0.0667. The van der Waals surface area contributed by atoms with Crippen LogP contribution in [0.4, 0.5) is 0 Å². The van der Waals surface area contributed by atoms with Crippen LogP contribution in [0.3, 0.4) is 0 Å². The van der Waals surface area contributed by atoms with Gasteiger partial charge >= 0.3 is 0 Å². The Labute approximate surface area is 127 Å². The Bertz CT molecular complexity index is 546. The van der Waals surface area contributed by atoms with Gasteiger partial charge in [0.25, 0.3) is 0 Å². The van der Waals surface area contributed by atoms with Crippen LogP contribution in [0.15, 0.2) is 18.2 Å². The maximum Gasteiger partial charge on any atom is 0.223 e. The lowest BCUT2D eigenvalue weighted by atomic mass is 9.99. The number of hydrogen-bond acceptors (Lipinski definition) is 2. The second kappa shape index (κ2) is 6.42. The van der Waals surface area contributed by atoms with Gasteiger partial charge in [-0.25, -0.2) is 0 Å². The smallest absolute Gasteiger partial charge is 0.223 e. The Hall–Kier alpha value is -1.64. The Morgan fingerprint density at radius 3 is 2.52 bits per heavy atom. The predicted octanol–water partition coefficient (Wildman–Crippen LogP) is 3.52. The first kappa shape index (κ1) is 15.7. The molecule has 0 aromatic heterocycles. The Morgan fingerprint density at radius 2 is 1.90 bits per heavy atom. The molecule has 1 aromatic carbocycles. The van der Waals surface area contributed by atoms with Crippen LogP contribution in [0.25, 0.3) is 0 Å². The molecule has 114 valence electrons. The zero-order valence-corrected chi connectivity index (χ0v) is 13.5. The highest BCUT2D eigenvalue weighted by molar-refractivity contribution is 5.99. The maximum absolute atomic E-state index is 12.3. The highest BCUT2D eigenvalue weighted by Crippen LogP contribution is 2.34. The normalized spacial score (nSPS) is 15.6. The van der Waals surface area contributed by atoms with Crippen molar-refractivity contribution in [2.24, 2.45) is 5.92 Å². The van der Waals surface area contributed by atoms with Crippen LogP contribution in [0, 0.1) is 19.8 Å². The molecule has 1 aromatic rings. The molecule has 21 heavy (non-hydrogen) atoms. The predicted molar refractivity (Wildman–Crippen MR) is 84.4 cm³/mol. The van der Waals surface area contributed by atoms with Gasteiger partial charge in [-0.3, -0.25) is 9.59 Å². The number of carbonyl (C=O) groups is 2. The number of benzene rings is 1. The van der Waals surface area contributed by atoms with Gasteiger partial charge in [0.15, 0.2) is 5.78 Å². The van der Waals surface area contributed by atoms with E-state index in [-0.39, 0.29) is 11.7 Å². The van der Waals surface area contributed by atoms with Gasteiger partial charge in [-0.05, 0) is 51.2 Å². The number of nitrogens with zero attached hydrogens (tertiary/aromatic N) is 1. The average Bonchev–Trinajstić information content (AvgIpc) is 3.29. The van der Waals surface area contributed by atoms with Crippen LogP contribution < -0.4 is 0 Å². The van der Waals surface area contributed by atoms with Gasteiger partial charge < -0.3 is 4.90 Å². The quantitative estimate of drug-likeness (QED) is 0.751. The third-order valence-corrected chi connectivity index (χ3v) is 4.57. The van der Waals surface area contributed by atoms with Crippen LogP contribution in [0.5, 0.6) is 0 Å².